The molecule has 2 aromatic heterocycles. The van der Waals surface area contributed by atoms with Gasteiger partial charge in [-0.05, 0) is 103 Å². The van der Waals surface area contributed by atoms with E-state index in [2.05, 4.69) is 4.98 Å². The number of aromatic nitrogens is 1. The molecule has 5 aromatic rings. The Morgan fingerprint density at radius 3 is 2.50 bits per heavy atom. The lowest BCUT2D eigenvalue weighted by Gasteiger charge is -2.15. The molecule has 34 heavy (non-hydrogen) atoms. The van der Waals surface area contributed by atoms with Gasteiger partial charge in [-0.15, -0.1) is 0 Å². The number of fused-ring (bicyclic) bond motifs is 3. The predicted molar refractivity (Wildman–Crippen MR) is 143 cm³/mol. The van der Waals surface area contributed by atoms with E-state index in [9.17, 15) is 0 Å². The van der Waals surface area contributed by atoms with E-state index >= 15 is 0 Å². The highest BCUT2D eigenvalue weighted by Crippen LogP contribution is 2.40. The fourth-order valence-electron chi connectivity index (χ4n) is 5.02. The van der Waals surface area contributed by atoms with Gasteiger partial charge in [0.2, 0.25) is 0 Å². The first-order valence-corrected chi connectivity index (χ1v) is 11.3. The largest absolute Gasteiger partial charge is 0.455 e. The highest BCUT2D eigenvalue weighted by atomic mass is 16.3. The normalized spacial score (nSPS) is 22.5. The van der Waals surface area contributed by atoms with E-state index in [-0.39, 0.29) is 55.6 Å². The van der Waals surface area contributed by atoms with Crippen LogP contribution >= 0.6 is 0 Å². The van der Waals surface area contributed by atoms with E-state index in [1.54, 1.807) is 30.3 Å². The second kappa shape index (κ2) is 8.13. The molecule has 2 heteroatoms. The molecular formula is C32H31NO. The zero-order valence-corrected chi connectivity index (χ0v) is 18.5. The standard InChI is InChI=1S/C32H31NO/c1-19-14-21(3)31-29(15-19)26-10-7-11-27(32(26)34-31)30-17-28(22(4)18-33-30)25-13-12-24(16-20(25)2)23-8-5-6-9-23/h7,10-18,23H,5-6,8-9H2,1-4H3/i1D3,2D3,3D3,4D3,23D. The Hall–Kier alpha value is -3.39. The quantitative estimate of drug-likeness (QED) is 0.269. The van der Waals surface area contributed by atoms with Crippen LogP contribution in [0.2, 0.25) is 0 Å². The number of aryl methyl sites for hydroxylation is 4. The molecule has 0 bridgehead atoms. The third-order valence-corrected chi connectivity index (χ3v) is 6.70. The molecule has 1 aliphatic carbocycles. The summed E-state index contributed by atoms with van der Waals surface area (Å²) in [6.45, 7) is -10.5. The van der Waals surface area contributed by atoms with Gasteiger partial charge < -0.3 is 4.42 Å². The van der Waals surface area contributed by atoms with Crippen LogP contribution in [0.5, 0.6) is 0 Å². The van der Waals surface area contributed by atoms with E-state index < -0.39 is 33.3 Å². The number of nitrogens with zero attached hydrogens (tertiary/aromatic N) is 1. The molecule has 1 fully saturated rings. The van der Waals surface area contributed by atoms with E-state index in [0.29, 0.717) is 29.4 Å². The van der Waals surface area contributed by atoms with Crippen LogP contribution in [0.1, 0.15) is 77.2 Å². The van der Waals surface area contributed by atoms with Crippen molar-refractivity contribution in [2.75, 3.05) is 0 Å². The molecule has 6 rings (SSSR count). The maximum absolute atomic E-state index is 8.95. The number of hydrogen-bond donors (Lipinski definition) is 0. The van der Waals surface area contributed by atoms with E-state index in [4.69, 9.17) is 22.2 Å². The lowest BCUT2D eigenvalue weighted by molar-refractivity contribution is 0.666. The monoisotopic (exact) mass is 458 g/mol. The third-order valence-electron chi connectivity index (χ3n) is 6.70. The van der Waals surface area contributed by atoms with Gasteiger partial charge in [0, 0.05) is 40.4 Å². The number of hydrogen-bond acceptors (Lipinski definition) is 2. The second-order valence-electron chi connectivity index (χ2n) is 8.87. The summed E-state index contributed by atoms with van der Waals surface area (Å²) in [6, 6.07) is 13.7. The lowest BCUT2D eigenvalue weighted by atomic mass is 9.90. The van der Waals surface area contributed by atoms with Crippen molar-refractivity contribution in [3.8, 4) is 22.4 Å². The Kier molecular flexibility index (Phi) is 2.71. The molecular weight excluding hydrogens is 414 g/mol. The van der Waals surface area contributed by atoms with E-state index in [1.807, 2.05) is 0 Å². The first-order valence-electron chi connectivity index (χ1n) is 17.8. The molecule has 170 valence electrons. The smallest absolute Gasteiger partial charge is 0.144 e. The molecule has 0 aliphatic heterocycles. The van der Waals surface area contributed by atoms with Crippen LogP contribution in [0, 0.1) is 27.4 Å². The van der Waals surface area contributed by atoms with Crippen LogP contribution in [-0.4, -0.2) is 4.98 Å². The SMILES string of the molecule is [2H]C([2H])([2H])c1cc(C([2H])([2H])[2H])c2oc3c(-c4cc(-c5ccc(C6([2H])CCCC6)cc5C([2H])([2H])[2H])c(C([2H])([2H])[2H])cn4)cccc3c2c1. The molecule has 0 N–H and O–H groups in total. The van der Waals surface area contributed by atoms with E-state index in [0.717, 1.165) is 18.9 Å². The summed E-state index contributed by atoms with van der Waals surface area (Å²) in [5.41, 5.74) is 1.03. The summed E-state index contributed by atoms with van der Waals surface area (Å²) in [4.78, 5) is 4.44. The summed E-state index contributed by atoms with van der Waals surface area (Å²) in [7, 11) is 0. The average molecular weight is 459 g/mol. The maximum Gasteiger partial charge on any atom is 0.144 e. The fourth-order valence-corrected chi connectivity index (χ4v) is 5.02. The lowest BCUT2D eigenvalue weighted by Crippen LogP contribution is -1.96. The van der Waals surface area contributed by atoms with Crippen LogP contribution in [0.15, 0.2) is 65.2 Å². The van der Waals surface area contributed by atoms with Gasteiger partial charge >= 0.3 is 0 Å². The van der Waals surface area contributed by atoms with Crippen molar-refractivity contribution in [3.05, 3.63) is 88.6 Å². The topological polar surface area (TPSA) is 26.0 Å². The molecule has 0 atom stereocenters. The highest BCUT2D eigenvalue weighted by Gasteiger charge is 2.19. The molecule has 2 heterocycles. The maximum atomic E-state index is 8.95. The zero-order chi connectivity index (χ0) is 34.3. The van der Waals surface area contributed by atoms with Crippen LogP contribution < -0.4 is 0 Å². The van der Waals surface area contributed by atoms with Crippen molar-refractivity contribution in [2.24, 2.45) is 0 Å². The fraction of sp³-hybridized carbons (Fsp3) is 0.281. The van der Waals surface area contributed by atoms with Crippen molar-refractivity contribution in [1.82, 2.24) is 4.98 Å². The Morgan fingerprint density at radius 2 is 1.68 bits per heavy atom. The summed E-state index contributed by atoms with van der Waals surface area (Å²) < 4.78 is 113. The van der Waals surface area contributed by atoms with Gasteiger partial charge in [0.15, 0.2) is 0 Å². The van der Waals surface area contributed by atoms with Crippen LogP contribution in [0.3, 0.4) is 0 Å². The molecule has 0 unspecified atom stereocenters. The number of furan rings is 1. The van der Waals surface area contributed by atoms with Gasteiger partial charge in [-0.3, -0.25) is 4.98 Å². The minimum absolute atomic E-state index is 0.00343. The Balaban J connectivity index is 1.61. The first kappa shape index (κ1) is 11.4. The highest BCUT2D eigenvalue weighted by molar-refractivity contribution is 6.10. The zero-order valence-electron chi connectivity index (χ0n) is 31.5. The first-order chi connectivity index (χ1) is 21.7. The Morgan fingerprint density at radius 1 is 0.794 bits per heavy atom. The van der Waals surface area contributed by atoms with Crippen molar-refractivity contribution >= 4 is 21.9 Å². The molecule has 2 nitrogen and oxygen atoms in total. The summed E-state index contributed by atoms with van der Waals surface area (Å²) in [5.74, 6) is -0.918. The van der Waals surface area contributed by atoms with Crippen LogP contribution in [0.4, 0.5) is 0 Å². The van der Waals surface area contributed by atoms with Crippen LogP contribution in [0.25, 0.3) is 44.3 Å². The molecule has 1 aliphatic rings. The minimum Gasteiger partial charge on any atom is -0.455 e. The number of pyridine rings is 1. The second-order valence-corrected chi connectivity index (χ2v) is 8.87. The summed E-state index contributed by atoms with van der Waals surface area (Å²) in [5, 5.41) is 0.722. The van der Waals surface area contributed by atoms with Gasteiger partial charge in [0.1, 0.15) is 11.2 Å². The molecule has 0 radical (unpaired) electrons. The van der Waals surface area contributed by atoms with Crippen molar-refractivity contribution in [1.29, 1.82) is 0 Å². The van der Waals surface area contributed by atoms with Crippen molar-refractivity contribution in [2.45, 2.75) is 59.0 Å². The Bertz CT molecular complexity index is 2010. The van der Waals surface area contributed by atoms with E-state index in [1.165, 1.54) is 24.4 Å². The third kappa shape index (κ3) is 3.44. The number of rotatable bonds is 3. The molecule has 0 spiro atoms. The average Bonchev–Trinajstić information content (AvgIpc) is 3.58. The molecule has 1 saturated carbocycles. The van der Waals surface area contributed by atoms with Crippen molar-refractivity contribution in [3.63, 3.8) is 0 Å². The Labute approximate surface area is 219 Å². The molecule has 0 amide bonds. The van der Waals surface area contributed by atoms with Crippen molar-refractivity contribution < 1.29 is 22.2 Å². The number of para-hydroxylation sites is 1. The minimum atomic E-state index is -2.69. The van der Waals surface area contributed by atoms with Gasteiger partial charge in [-0.25, -0.2) is 0 Å². The van der Waals surface area contributed by atoms with Crippen LogP contribution in [-0.2, 0) is 0 Å². The summed E-state index contributed by atoms with van der Waals surface area (Å²) in [6.07, 6.45) is 4.12. The predicted octanol–water partition coefficient (Wildman–Crippen LogP) is 9.21. The van der Waals surface area contributed by atoms with Gasteiger partial charge in [-0.1, -0.05) is 49.2 Å². The number of benzene rings is 3. The molecule has 0 saturated heterocycles. The van der Waals surface area contributed by atoms with Gasteiger partial charge in [0.25, 0.3) is 0 Å². The van der Waals surface area contributed by atoms with Gasteiger partial charge in [0.05, 0.1) is 5.69 Å². The molecule has 3 aromatic carbocycles. The summed E-state index contributed by atoms with van der Waals surface area (Å²) >= 11 is 0. The van der Waals surface area contributed by atoms with Gasteiger partial charge in [-0.2, -0.15) is 0 Å².